The van der Waals surface area contributed by atoms with E-state index in [1.807, 2.05) is 0 Å². The van der Waals surface area contributed by atoms with Gasteiger partial charge in [-0.25, -0.2) is 0 Å². The molecule has 0 radical (unpaired) electrons. The van der Waals surface area contributed by atoms with E-state index in [1.165, 1.54) is 32.1 Å². The highest BCUT2D eigenvalue weighted by atomic mass is 16.6. The Morgan fingerprint density at radius 3 is 1.87 bits per heavy atom. The number of aliphatic imine (C=N–C) groups is 1. The van der Waals surface area contributed by atoms with Crippen LogP contribution in [-0.4, -0.2) is 77.1 Å². The van der Waals surface area contributed by atoms with Gasteiger partial charge in [0.05, 0.1) is 65.1 Å². The summed E-state index contributed by atoms with van der Waals surface area (Å²) in [6.07, 6.45) is 10.6. The number of ether oxygens (including phenoxy) is 4. The zero-order valence-electron chi connectivity index (χ0n) is 19.1. The second kappa shape index (κ2) is 23.9. The minimum Gasteiger partial charge on any atom is -0.379 e. The summed E-state index contributed by atoms with van der Waals surface area (Å²) in [4.78, 5) is 15.0. The minimum atomic E-state index is 0.135. The lowest BCUT2D eigenvalue weighted by Gasteiger charge is -2.07. The Morgan fingerprint density at radius 1 is 0.767 bits per heavy atom. The number of carbonyl (C=O) groups excluding carboxylic acids is 1. The number of ketones is 1. The number of hydrogen-bond donors (Lipinski definition) is 1. The van der Waals surface area contributed by atoms with Crippen molar-refractivity contribution in [3.63, 3.8) is 0 Å². The number of hydrogen-bond acceptors (Lipinski definition) is 8. The fourth-order valence-electron chi connectivity index (χ4n) is 2.51. The Hall–Kier alpha value is -1.35. The molecule has 0 aromatic heterocycles. The molecule has 0 aliphatic heterocycles. The summed E-state index contributed by atoms with van der Waals surface area (Å²) in [6, 6.07) is 0. The van der Waals surface area contributed by atoms with Crippen molar-refractivity contribution in [1.29, 1.82) is 0 Å². The van der Waals surface area contributed by atoms with E-state index < -0.39 is 0 Å². The SMILES string of the molecule is CCCCCCCC/C(C=NCCOCCOCCOCCOCCC(C)=O)=N/N. The molecule has 0 unspecified atom stereocenters. The molecule has 0 saturated carbocycles. The number of nitrogens with two attached hydrogens (primary N) is 1. The molecule has 0 atom stereocenters. The molecular formula is C22H43N3O5. The van der Waals surface area contributed by atoms with Gasteiger partial charge in [-0.1, -0.05) is 39.0 Å². The van der Waals surface area contributed by atoms with Crippen molar-refractivity contribution in [2.24, 2.45) is 15.9 Å². The molecule has 0 amide bonds. The van der Waals surface area contributed by atoms with Gasteiger partial charge in [-0.15, -0.1) is 0 Å². The first-order valence-electron chi connectivity index (χ1n) is 11.3. The van der Waals surface area contributed by atoms with E-state index in [2.05, 4.69) is 17.0 Å². The zero-order valence-corrected chi connectivity index (χ0v) is 19.1. The smallest absolute Gasteiger partial charge is 0.132 e. The van der Waals surface area contributed by atoms with E-state index in [0.29, 0.717) is 65.8 Å². The number of unbranched alkanes of at least 4 members (excludes halogenated alkanes) is 5. The van der Waals surface area contributed by atoms with E-state index in [9.17, 15) is 4.79 Å². The van der Waals surface area contributed by atoms with Crippen LogP contribution in [0.4, 0.5) is 0 Å². The molecule has 0 fully saturated rings. The van der Waals surface area contributed by atoms with Crippen LogP contribution in [0.25, 0.3) is 0 Å². The first kappa shape index (κ1) is 28.6. The Morgan fingerprint density at radius 2 is 1.30 bits per heavy atom. The van der Waals surface area contributed by atoms with E-state index in [1.54, 1.807) is 13.1 Å². The third-order valence-electron chi connectivity index (χ3n) is 4.27. The molecule has 8 nitrogen and oxygen atoms in total. The summed E-state index contributed by atoms with van der Waals surface area (Å²) in [6.45, 7) is 8.44. The summed E-state index contributed by atoms with van der Waals surface area (Å²) >= 11 is 0. The molecule has 8 heteroatoms. The normalized spacial score (nSPS) is 12.1. The lowest BCUT2D eigenvalue weighted by atomic mass is 10.1. The van der Waals surface area contributed by atoms with Gasteiger partial charge in [0.25, 0.3) is 0 Å². The van der Waals surface area contributed by atoms with Gasteiger partial charge in [-0.3, -0.25) is 9.79 Å². The van der Waals surface area contributed by atoms with Crippen LogP contribution in [-0.2, 0) is 23.7 Å². The highest BCUT2D eigenvalue weighted by Gasteiger charge is 1.97. The lowest BCUT2D eigenvalue weighted by molar-refractivity contribution is -0.118. The minimum absolute atomic E-state index is 0.135. The second-order valence-corrected chi connectivity index (χ2v) is 7.07. The molecule has 0 heterocycles. The van der Waals surface area contributed by atoms with Crippen molar-refractivity contribution in [2.45, 2.75) is 65.2 Å². The van der Waals surface area contributed by atoms with Gasteiger partial charge in [0.15, 0.2) is 0 Å². The molecule has 0 aliphatic rings. The molecule has 0 aliphatic carbocycles. The van der Waals surface area contributed by atoms with Crippen LogP contribution < -0.4 is 5.84 Å². The van der Waals surface area contributed by atoms with Crippen molar-refractivity contribution in [2.75, 3.05) is 59.4 Å². The summed E-state index contributed by atoms with van der Waals surface area (Å²) < 4.78 is 21.5. The van der Waals surface area contributed by atoms with E-state index in [0.717, 1.165) is 18.6 Å². The van der Waals surface area contributed by atoms with Gasteiger partial charge >= 0.3 is 0 Å². The predicted octanol–water partition coefficient (Wildman–Crippen LogP) is 3.17. The molecule has 0 aromatic rings. The second-order valence-electron chi connectivity index (χ2n) is 7.07. The summed E-state index contributed by atoms with van der Waals surface area (Å²) in [5.41, 5.74) is 0.845. The van der Waals surface area contributed by atoms with Gasteiger partial charge in [0.1, 0.15) is 5.78 Å². The highest BCUT2D eigenvalue weighted by Crippen LogP contribution is 2.07. The van der Waals surface area contributed by atoms with Gasteiger partial charge in [-0.05, 0) is 19.8 Å². The molecule has 0 rings (SSSR count). The molecule has 2 N–H and O–H groups in total. The molecule has 0 spiro atoms. The molecule has 176 valence electrons. The molecular weight excluding hydrogens is 386 g/mol. The predicted molar refractivity (Wildman–Crippen MR) is 122 cm³/mol. The van der Waals surface area contributed by atoms with Gasteiger partial charge < -0.3 is 24.8 Å². The largest absolute Gasteiger partial charge is 0.379 e. The van der Waals surface area contributed by atoms with E-state index in [-0.39, 0.29) is 5.78 Å². The Balaban J connectivity index is 3.34. The van der Waals surface area contributed by atoms with Gasteiger partial charge in [0, 0.05) is 12.6 Å². The number of hydrazone groups is 1. The van der Waals surface area contributed by atoms with Crippen LogP contribution in [0.2, 0.25) is 0 Å². The number of Topliss-reactive ketones (excluding diaryl/α,β-unsaturated/α-hetero) is 1. The Bertz CT molecular complexity index is 444. The standard InChI is InChI=1S/C22H43N3O5/c1-3-4-5-6-7-8-9-22(25-23)20-24-11-13-28-15-17-30-19-18-29-16-14-27-12-10-21(2)26/h20H,3-19,23H2,1-2H3/b24-20?,25-22-. The molecule has 0 saturated heterocycles. The third-order valence-corrected chi connectivity index (χ3v) is 4.27. The van der Waals surface area contributed by atoms with Crippen molar-refractivity contribution in [3.05, 3.63) is 0 Å². The Labute approximate surface area is 182 Å². The maximum absolute atomic E-state index is 10.7. The van der Waals surface area contributed by atoms with Crippen molar-refractivity contribution >= 4 is 17.7 Å². The van der Waals surface area contributed by atoms with Crippen LogP contribution >= 0.6 is 0 Å². The lowest BCUT2D eigenvalue weighted by Crippen LogP contribution is -2.13. The molecule has 30 heavy (non-hydrogen) atoms. The first-order chi connectivity index (χ1) is 14.7. The topological polar surface area (TPSA) is 105 Å². The summed E-state index contributed by atoms with van der Waals surface area (Å²) in [5.74, 6) is 5.56. The van der Waals surface area contributed by atoms with Gasteiger partial charge in [-0.2, -0.15) is 5.10 Å². The van der Waals surface area contributed by atoms with Gasteiger partial charge in [0.2, 0.25) is 0 Å². The van der Waals surface area contributed by atoms with Crippen LogP contribution in [0.3, 0.4) is 0 Å². The summed E-state index contributed by atoms with van der Waals surface area (Å²) in [5, 5.41) is 3.81. The average Bonchev–Trinajstić information content (AvgIpc) is 2.74. The van der Waals surface area contributed by atoms with Crippen molar-refractivity contribution < 1.29 is 23.7 Å². The fourth-order valence-corrected chi connectivity index (χ4v) is 2.51. The van der Waals surface area contributed by atoms with Crippen LogP contribution in [0, 0.1) is 0 Å². The number of nitrogens with zero attached hydrogens (tertiary/aromatic N) is 2. The Kier molecular flexibility index (Phi) is 22.8. The monoisotopic (exact) mass is 429 g/mol. The maximum atomic E-state index is 10.7. The fraction of sp³-hybridized carbons (Fsp3) is 0.864. The van der Waals surface area contributed by atoms with Crippen molar-refractivity contribution in [3.8, 4) is 0 Å². The maximum Gasteiger partial charge on any atom is 0.132 e. The van der Waals surface area contributed by atoms with Crippen LogP contribution in [0.1, 0.15) is 65.2 Å². The number of carbonyl (C=O) groups is 1. The average molecular weight is 430 g/mol. The van der Waals surface area contributed by atoms with Crippen LogP contribution in [0.5, 0.6) is 0 Å². The highest BCUT2D eigenvalue weighted by molar-refractivity contribution is 6.30. The third kappa shape index (κ3) is 22.9. The number of rotatable bonds is 23. The molecule has 0 aromatic carbocycles. The van der Waals surface area contributed by atoms with E-state index >= 15 is 0 Å². The quantitative estimate of drug-likeness (QED) is 0.116. The zero-order chi connectivity index (χ0) is 22.1. The summed E-state index contributed by atoms with van der Waals surface area (Å²) in [7, 11) is 0. The first-order valence-corrected chi connectivity index (χ1v) is 11.3. The van der Waals surface area contributed by atoms with Crippen LogP contribution in [0.15, 0.2) is 10.1 Å². The van der Waals surface area contributed by atoms with Crippen molar-refractivity contribution in [1.82, 2.24) is 0 Å². The molecule has 0 bridgehead atoms. The van der Waals surface area contributed by atoms with E-state index in [4.69, 9.17) is 24.8 Å².